The van der Waals surface area contributed by atoms with E-state index >= 15 is 0 Å². The molecule has 4 nitrogen and oxygen atoms in total. The average Bonchev–Trinajstić information content (AvgIpc) is 2.98. The van der Waals surface area contributed by atoms with Crippen molar-refractivity contribution in [2.45, 2.75) is 25.5 Å². The van der Waals surface area contributed by atoms with Crippen molar-refractivity contribution < 1.29 is 9.53 Å². The van der Waals surface area contributed by atoms with E-state index < -0.39 is 0 Å². The molecule has 0 N–H and O–H groups in total. The number of thiophene rings is 1. The van der Waals surface area contributed by atoms with E-state index in [1.165, 1.54) is 5.56 Å². The number of rotatable bonds is 3. The molecule has 2 fully saturated rings. The molecule has 116 valence electrons. The zero-order valence-corrected chi connectivity index (χ0v) is 13.6. The zero-order chi connectivity index (χ0) is 14.8. The molecule has 21 heavy (non-hydrogen) atoms. The third-order valence-electron chi connectivity index (χ3n) is 4.62. The topological polar surface area (TPSA) is 32.8 Å². The van der Waals surface area contributed by atoms with Gasteiger partial charge in [0.05, 0.1) is 18.6 Å². The van der Waals surface area contributed by atoms with E-state index in [1.54, 1.807) is 16.2 Å². The quantitative estimate of drug-likeness (QED) is 0.857. The Morgan fingerprint density at radius 1 is 1.52 bits per heavy atom. The van der Waals surface area contributed by atoms with Crippen molar-refractivity contribution in [3.05, 3.63) is 22.4 Å². The molecule has 0 bridgehead atoms. The van der Waals surface area contributed by atoms with Gasteiger partial charge in [-0.3, -0.25) is 9.69 Å². The SMILES string of the molecule is CN(C)C(=O)[C@@H]1CO[C@@H]2CCN(Cc3ccsc3)C[C@@H]2C1. The molecule has 1 amide bonds. The molecule has 0 saturated carbocycles. The lowest BCUT2D eigenvalue weighted by atomic mass is 9.83. The summed E-state index contributed by atoms with van der Waals surface area (Å²) in [7, 11) is 3.66. The Kier molecular flexibility index (Phi) is 4.62. The van der Waals surface area contributed by atoms with E-state index in [4.69, 9.17) is 4.74 Å². The summed E-state index contributed by atoms with van der Waals surface area (Å²) in [4.78, 5) is 16.3. The van der Waals surface area contributed by atoms with Crippen LogP contribution in [0.15, 0.2) is 16.8 Å². The van der Waals surface area contributed by atoms with Gasteiger partial charge in [0.1, 0.15) is 0 Å². The minimum Gasteiger partial charge on any atom is -0.377 e. The Bertz CT molecular complexity index is 475. The molecule has 1 aromatic heterocycles. The van der Waals surface area contributed by atoms with Crippen LogP contribution in [0.4, 0.5) is 0 Å². The summed E-state index contributed by atoms with van der Waals surface area (Å²) >= 11 is 1.76. The van der Waals surface area contributed by atoms with Gasteiger partial charge in [-0.25, -0.2) is 0 Å². The molecule has 0 aliphatic carbocycles. The Hall–Kier alpha value is -0.910. The van der Waals surface area contributed by atoms with Gasteiger partial charge in [0.15, 0.2) is 0 Å². The number of hydrogen-bond donors (Lipinski definition) is 0. The first-order valence-corrected chi connectivity index (χ1v) is 8.64. The fourth-order valence-electron chi connectivity index (χ4n) is 3.53. The molecule has 2 aliphatic rings. The predicted molar refractivity (Wildman–Crippen MR) is 84.2 cm³/mol. The number of carbonyl (C=O) groups is 1. The normalized spacial score (nSPS) is 29.9. The summed E-state index contributed by atoms with van der Waals surface area (Å²) < 4.78 is 5.98. The van der Waals surface area contributed by atoms with E-state index in [1.807, 2.05) is 14.1 Å². The van der Waals surface area contributed by atoms with E-state index in [0.29, 0.717) is 18.6 Å². The molecule has 5 heteroatoms. The molecule has 2 aliphatic heterocycles. The second-order valence-corrected chi connectivity index (χ2v) is 7.23. The lowest BCUT2D eigenvalue weighted by molar-refractivity contribution is -0.146. The van der Waals surface area contributed by atoms with Crippen molar-refractivity contribution >= 4 is 17.2 Å². The molecule has 0 aromatic carbocycles. The number of likely N-dealkylation sites (tertiary alicyclic amines) is 1. The second-order valence-electron chi connectivity index (χ2n) is 6.45. The summed E-state index contributed by atoms with van der Waals surface area (Å²) in [6.07, 6.45) is 2.43. The monoisotopic (exact) mass is 308 g/mol. The van der Waals surface area contributed by atoms with Gasteiger partial charge in [0, 0.05) is 33.7 Å². The second kappa shape index (κ2) is 6.46. The van der Waals surface area contributed by atoms with Crippen LogP contribution in [0.25, 0.3) is 0 Å². The number of hydrogen-bond acceptors (Lipinski definition) is 4. The summed E-state index contributed by atoms with van der Waals surface area (Å²) in [6.45, 7) is 3.78. The zero-order valence-electron chi connectivity index (χ0n) is 12.8. The minimum atomic E-state index is 0.0438. The molecule has 0 unspecified atom stereocenters. The van der Waals surface area contributed by atoms with Crippen molar-refractivity contribution in [1.82, 2.24) is 9.80 Å². The van der Waals surface area contributed by atoms with Crippen LogP contribution in [0.5, 0.6) is 0 Å². The Morgan fingerprint density at radius 3 is 3.10 bits per heavy atom. The first-order chi connectivity index (χ1) is 10.1. The van der Waals surface area contributed by atoms with Crippen LogP contribution in [0.2, 0.25) is 0 Å². The van der Waals surface area contributed by atoms with Gasteiger partial charge >= 0.3 is 0 Å². The largest absolute Gasteiger partial charge is 0.377 e. The van der Waals surface area contributed by atoms with Crippen LogP contribution >= 0.6 is 11.3 Å². The maximum Gasteiger partial charge on any atom is 0.227 e. The first-order valence-electron chi connectivity index (χ1n) is 7.69. The van der Waals surface area contributed by atoms with Crippen LogP contribution < -0.4 is 0 Å². The Morgan fingerprint density at radius 2 is 2.38 bits per heavy atom. The fraction of sp³-hybridized carbons (Fsp3) is 0.688. The van der Waals surface area contributed by atoms with Crippen molar-refractivity contribution in [2.75, 3.05) is 33.8 Å². The lowest BCUT2D eigenvalue weighted by Gasteiger charge is -2.43. The number of fused-ring (bicyclic) bond motifs is 1. The van der Waals surface area contributed by atoms with E-state index in [2.05, 4.69) is 21.7 Å². The molecule has 0 radical (unpaired) electrons. The molecule has 3 rings (SSSR count). The molecule has 1 aromatic rings. The smallest absolute Gasteiger partial charge is 0.227 e. The van der Waals surface area contributed by atoms with Crippen molar-refractivity contribution in [2.24, 2.45) is 11.8 Å². The van der Waals surface area contributed by atoms with Gasteiger partial charge in [0.25, 0.3) is 0 Å². The highest BCUT2D eigenvalue weighted by Gasteiger charge is 2.38. The molecular formula is C16H24N2O2S. The number of amides is 1. The van der Waals surface area contributed by atoms with Crippen molar-refractivity contribution in [1.29, 1.82) is 0 Å². The van der Waals surface area contributed by atoms with Gasteiger partial charge in [-0.15, -0.1) is 0 Å². The lowest BCUT2D eigenvalue weighted by Crippen LogP contribution is -2.50. The highest BCUT2D eigenvalue weighted by molar-refractivity contribution is 7.07. The highest BCUT2D eigenvalue weighted by Crippen LogP contribution is 2.32. The van der Waals surface area contributed by atoms with Gasteiger partial charge in [-0.05, 0) is 41.1 Å². The number of ether oxygens (including phenoxy) is 1. The molecule has 0 spiro atoms. The summed E-state index contributed by atoms with van der Waals surface area (Å²) in [5.41, 5.74) is 1.40. The minimum absolute atomic E-state index is 0.0438. The van der Waals surface area contributed by atoms with Crippen molar-refractivity contribution in [3.63, 3.8) is 0 Å². The maximum absolute atomic E-state index is 12.1. The third kappa shape index (κ3) is 3.47. The average molecular weight is 308 g/mol. The summed E-state index contributed by atoms with van der Waals surface area (Å²) in [5, 5.41) is 4.36. The van der Waals surface area contributed by atoms with Crippen LogP contribution in [-0.4, -0.2) is 55.6 Å². The summed E-state index contributed by atoms with van der Waals surface area (Å²) in [5.74, 6) is 0.755. The Labute approximate surface area is 130 Å². The van der Waals surface area contributed by atoms with E-state index in [-0.39, 0.29) is 11.8 Å². The maximum atomic E-state index is 12.1. The number of nitrogens with zero attached hydrogens (tertiary/aromatic N) is 2. The van der Waals surface area contributed by atoms with Gasteiger partial charge in [-0.1, -0.05) is 0 Å². The molecule has 2 saturated heterocycles. The van der Waals surface area contributed by atoms with Gasteiger partial charge in [-0.2, -0.15) is 11.3 Å². The van der Waals surface area contributed by atoms with Crippen LogP contribution in [0.1, 0.15) is 18.4 Å². The molecular weight excluding hydrogens is 284 g/mol. The number of piperidine rings is 1. The molecule has 3 heterocycles. The standard InChI is InChI=1S/C16H24N2O2S/c1-17(2)16(19)14-7-13-9-18(5-3-15(13)20-10-14)8-12-4-6-21-11-12/h4,6,11,13-15H,3,5,7-10H2,1-2H3/t13-,14-,15+/m0/s1. The fourth-order valence-corrected chi connectivity index (χ4v) is 4.19. The van der Waals surface area contributed by atoms with Gasteiger partial charge in [0.2, 0.25) is 5.91 Å². The number of carbonyl (C=O) groups excluding carboxylic acids is 1. The first kappa shape index (κ1) is 15.0. The molecule has 3 atom stereocenters. The van der Waals surface area contributed by atoms with Crippen molar-refractivity contribution in [3.8, 4) is 0 Å². The van der Waals surface area contributed by atoms with Crippen LogP contribution in [0, 0.1) is 11.8 Å². The van der Waals surface area contributed by atoms with Crippen LogP contribution in [0.3, 0.4) is 0 Å². The van der Waals surface area contributed by atoms with Crippen LogP contribution in [-0.2, 0) is 16.1 Å². The van der Waals surface area contributed by atoms with Gasteiger partial charge < -0.3 is 9.64 Å². The van der Waals surface area contributed by atoms with E-state index in [9.17, 15) is 4.79 Å². The Balaban J connectivity index is 1.58. The predicted octanol–water partition coefficient (Wildman–Crippen LogP) is 2.06. The summed E-state index contributed by atoms with van der Waals surface area (Å²) in [6, 6.07) is 2.20. The van der Waals surface area contributed by atoms with E-state index in [0.717, 1.165) is 32.5 Å². The third-order valence-corrected chi connectivity index (χ3v) is 5.36. The highest BCUT2D eigenvalue weighted by atomic mass is 32.1.